The Labute approximate surface area is 98.6 Å². The highest BCUT2D eigenvalue weighted by atomic mass is 79.9. The second-order valence-corrected chi connectivity index (χ2v) is 4.48. The first-order valence-corrected chi connectivity index (χ1v) is 5.54. The van der Waals surface area contributed by atoms with E-state index in [0.717, 1.165) is 15.9 Å². The number of rotatable bonds is 3. The molecule has 5 heteroatoms. The van der Waals surface area contributed by atoms with Gasteiger partial charge in [-0.25, -0.2) is 0 Å². The molecule has 0 spiro atoms. The zero-order valence-corrected chi connectivity index (χ0v) is 11.0. The molecule has 0 aliphatic rings. The van der Waals surface area contributed by atoms with E-state index in [0.29, 0.717) is 6.54 Å². The van der Waals surface area contributed by atoms with Crippen LogP contribution < -0.4 is 0 Å². The summed E-state index contributed by atoms with van der Waals surface area (Å²) in [5.41, 5.74) is 2.07. The number of hydrogen-bond donors (Lipinski definition) is 0. The molecule has 0 radical (unpaired) electrons. The van der Waals surface area contributed by atoms with E-state index in [4.69, 9.17) is 5.26 Å². The average Bonchev–Trinajstić information content (AvgIpc) is 2.43. The van der Waals surface area contributed by atoms with E-state index in [1.54, 1.807) is 0 Å². The molecule has 0 saturated heterocycles. The molecule has 82 valence electrons. The number of halogens is 1. The summed E-state index contributed by atoms with van der Waals surface area (Å²) < 4.78 is 2.88. The summed E-state index contributed by atoms with van der Waals surface area (Å²) >= 11 is 3.51. The van der Waals surface area contributed by atoms with Crippen molar-refractivity contribution in [2.45, 2.75) is 26.4 Å². The lowest BCUT2D eigenvalue weighted by Gasteiger charge is -2.18. The Hall–Kier alpha value is -0.860. The third-order valence-corrected chi connectivity index (χ3v) is 3.54. The molecule has 0 fully saturated rings. The van der Waals surface area contributed by atoms with Crippen LogP contribution in [0.4, 0.5) is 0 Å². The Morgan fingerprint density at radius 2 is 2.27 bits per heavy atom. The molecule has 0 bridgehead atoms. The summed E-state index contributed by atoms with van der Waals surface area (Å²) in [4.78, 5) is 1.99. The van der Waals surface area contributed by atoms with Crippen molar-refractivity contribution in [2.24, 2.45) is 7.05 Å². The van der Waals surface area contributed by atoms with Crippen molar-refractivity contribution >= 4 is 15.9 Å². The van der Waals surface area contributed by atoms with Crippen LogP contribution >= 0.6 is 15.9 Å². The molecule has 0 aliphatic heterocycles. The second-order valence-electron chi connectivity index (χ2n) is 3.69. The lowest BCUT2D eigenvalue weighted by atomic mass is 10.3. The molecule has 1 heterocycles. The minimum absolute atomic E-state index is 0.0906. The quantitative estimate of drug-likeness (QED) is 0.842. The fourth-order valence-corrected chi connectivity index (χ4v) is 1.78. The Balaban J connectivity index is 2.86. The van der Waals surface area contributed by atoms with Gasteiger partial charge in [-0.1, -0.05) is 0 Å². The molecule has 0 aromatic carbocycles. The number of aryl methyl sites for hydroxylation is 2. The smallest absolute Gasteiger partial charge is 0.0950 e. The average molecular weight is 271 g/mol. The van der Waals surface area contributed by atoms with E-state index in [2.05, 4.69) is 27.1 Å². The summed E-state index contributed by atoms with van der Waals surface area (Å²) in [6.07, 6.45) is 0. The Bertz CT molecular complexity index is 391. The summed E-state index contributed by atoms with van der Waals surface area (Å²) in [6, 6.07) is 2.12. The van der Waals surface area contributed by atoms with Gasteiger partial charge in [0, 0.05) is 13.6 Å². The van der Waals surface area contributed by atoms with Crippen LogP contribution in [0.25, 0.3) is 0 Å². The lowest BCUT2D eigenvalue weighted by Crippen LogP contribution is -2.28. The van der Waals surface area contributed by atoms with Gasteiger partial charge in [-0.3, -0.25) is 9.58 Å². The normalized spacial score (nSPS) is 12.9. The molecular formula is C10H15BrN4. The molecule has 1 unspecified atom stereocenters. The van der Waals surface area contributed by atoms with Crippen molar-refractivity contribution in [2.75, 3.05) is 7.05 Å². The Kier molecular flexibility index (Phi) is 3.89. The third kappa shape index (κ3) is 2.58. The second kappa shape index (κ2) is 4.77. The van der Waals surface area contributed by atoms with Crippen LogP contribution in [-0.4, -0.2) is 27.8 Å². The van der Waals surface area contributed by atoms with Gasteiger partial charge in [0.1, 0.15) is 0 Å². The lowest BCUT2D eigenvalue weighted by molar-refractivity contribution is 0.286. The number of hydrogen-bond acceptors (Lipinski definition) is 3. The van der Waals surface area contributed by atoms with Gasteiger partial charge in [0.2, 0.25) is 0 Å². The SMILES string of the molecule is Cc1nn(C)c(CN(C)C(C)C#N)c1Br. The van der Waals surface area contributed by atoms with Gasteiger partial charge >= 0.3 is 0 Å². The maximum atomic E-state index is 8.80. The van der Waals surface area contributed by atoms with Crippen LogP contribution in [0.15, 0.2) is 4.47 Å². The highest BCUT2D eigenvalue weighted by Gasteiger charge is 2.15. The van der Waals surface area contributed by atoms with Gasteiger partial charge in [-0.15, -0.1) is 0 Å². The summed E-state index contributed by atoms with van der Waals surface area (Å²) in [7, 11) is 3.85. The van der Waals surface area contributed by atoms with E-state index in [9.17, 15) is 0 Å². The molecule has 1 atom stereocenters. The van der Waals surface area contributed by atoms with E-state index < -0.39 is 0 Å². The predicted octanol–water partition coefficient (Wildman–Crippen LogP) is 1.83. The first-order chi connectivity index (χ1) is 6.97. The zero-order valence-electron chi connectivity index (χ0n) is 9.45. The van der Waals surface area contributed by atoms with Gasteiger partial charge in [0.15, 0.2) is 0 Å². The summed E-state index contributed by atoms with van der Waals surface area (Å²) in [6.45, 7) is 4.56. The fourth-order valence-electron chi connectivity index (χ4n) is 1.32. The van der Waals surface area contributed by atoms with Gasteiger partial charge in [0.25, 0.3) is 0 Å². The van der Waals surface area contributed by atoms with Crippen LogP contribution in [0.5, 0.6) is 0 Å². The van der Waals surface area contributed by atoms with E-state index in [-0.39, 0.29) is 6.04 Å². The highest BCUT2D eigenvalue weighted by molar-refractivity contribution is 9.10. The molecule has 0 aliphatic carbocycles. The van der Waals surface area contributed by atoms with Gasteiger partial charge < -0.3 is 0 Å². The fraction of sp³-hybridized carbons (Fsp3) is 0.600. The van der Waals surface area contributed by atoms with Gasteiger partial charge in [0.05, 0.1) is 28.0 Å². The Morgan fingerprint density at radius 1 is 1.67 bits per heavy atom. The minimum atomic E-state index is -0.0906. The molecule has 4 nitrogen and oxygen atoms in total. The van der Waals surface area contributed by atoms with Gasteiger partial charge in [-0.05, 0) is 36.8 Å². The molecule has 15 heavy (non-hydrogen) atoms. The van der Waals surface area contributed by atoms with Crippen molar-refractivity contribution in [1.82, 2.24) is 14.7 Å². The van der Waals surface area contributed by atoms with Crippen LogP contribution in [0, 0.1) is 18.3 Å². The van der Waals surface area contributed by atoms with E-state index in [1.165, 1.54) is 0 Å². The number of nitrogens with zero attached hydrogens (tertiary/aromatic N) is 4. The number of aromatic nitrogens is 2. The molecule has 0 N–H and O–H groups in total. The standard InChI is InChI=1S/C10H15BrN4/c1-7(5-12)14(3)6-9-10(11)8(2)13-15(9)4/h7H,6H2,1-4H3. The first-order valence-electron chi connectivity index (χ1n) is 4.75. The van der Waals surface area contributed by atoms with Crippen LogP contribution in [-0.2, 0) is 13.6 Å². The van der Waals surface area contributed by atoms with Crippen LogP contribution in [0.3, 0.4) is 0 Å². The largest absolute Gasteiger partial charge is 0.285 e. The van der Waals surface area contributed by atoms with Crippen molar-refractivity contribution in [3.05, 3.63) is 15.9 Å². The first kappa shape index (κ1) is 12.2. The summed E-state index contributed by atoms with van der Waals surface area (Å²) in [5.74, 6) is 0. The van der Waals surface area contributed by atoms with Crippen molar-refractivity contribution in [3.63, 3.8) is 0 Å². The molecule has 1 aromatic rings. The maximum absolute atomic E-state index is 8.80. The van der Waals surface area contributed by atoms with Crippen molar-refractivity contribution in [3.8, 4) is 6.07 Å². The van der Waals surface area contributed by atoms with E-state index >= 15 is 0 Å². The third-order valence-electron chi connectivity index (χ3n) is 2.51. The summed E-state index contributed by atoms with van der Waals surface area (Å²) in [5, 5.41) is 13.1. The number of nitriles is 1. The Morgan fingerprint density at radius 3 is 2.67 bits per heavy atom. The molecule has 0 saturated carbocycles. The monoisotopic (exact) mass is 270 g/mol. The topological polar surface area (TPSA) is 44.9 Å². The zero-order chi connectivity index (χ0) is 11.6. The predicted molar refractivity (Wildman–Crippen MR) is 62.2 cm³/mol. The van der Waals surface area contributed by atoms with E-state index in [1.807, 2.05) is 37.5 Å². The van der Waals surface area contributed by atoms with Gasteiger partial charge in [-0.2, -0.15) is 10.4 Å². The molecule has 1 rings (SSSR count). The molecule has 0 amide bonds. The minimum Gasteiger partial charge on any atom is -0.285 e. The van der Waals surface area contributed by atoms with Crippen LogP contribution in [0.2, 0.25) is 0 Å². The maximum Gasteiger partial charge on any atom is 0.0950 e. The van der Waals surface area contributed by atoms with Crippen molar-refractivity contribution < 1.29 is 0 Å². The highest BCUT2D eigenvalue weighted by Crippen LogP contribution is 2.21. The molecular weight excluding hydrogens is 256 g/mol. The molecule has 1 aromatic heterocycles. The van der Waals surface area contributed by atoms with Crippen LogP contribution in [0.1, 0.15) is 18.3 Å². The van der Waals surface area contributed by atoms with Crippen molar-refractivity contribution in [1.29, 1.82) is 5.26 Å².